The zero-order valence-electron chi connectivity index (χ0n) is 36.2. The molecule has 3 aromatic rings. The van der Waals surface area contributed by atoms with E-state index in [0.29, 0.717) is 17.0 Å². The molecule has 0 bridgehead atoms. The van der Waals surface area contributed by atoms with Crippen molar-refractivity contribution in [2.45, 2.75) is 123 Å². The van der Waals surface area contributed by atoms with E-state index in [-0.39, 0.29) is 68.0 Å². The molecule has 336 valence electrons. The summed E-state index contributed by atoms with van der Waals surface area (Å²) in [6.45, 7) is 10.5. The van der Waals surface area contributed by atoms with Gasteiger partial charge in [0.15, 0.2) is 0 Å². The van der Waals surface area contributed by atoms with Crippen LogP contribution in [0.15, 0.2) is 60.0 Å². The number of likely N-dealkylation sites (N-methyl/N-ethyl adjacent to an activating group) is 1. The van der Waals surface area contributed by atoms with Crippen LogP contribution in [0.4, 0.5) is 13.2 Å². The molecule has 0 aliphatic carbocycles. The summed E-state index contributed by atoms with van der Waals surface area (Å²) in [4.78, 5) is 62.9. The van der Waals surface area contributed by atoms with Crippen molar-refractivity contribution in [3.63, 3.8) is 0 Å². The smallest absolute Gasteiger partial charge is 0.416 e. The fourth-order valence-corrected chi connectivity index (χ4v) is 8.52. The summed E-state index contributed by atoms with van der Waals surface area (Å²) in [5.74, 6) is -3.13. The number of nitrogens with one attached hydrogen (secondary N) is 2. The molecule has 61 heavy (non-hydrogen) atoms. The number of nitrogens with zero attached hydrogens (tertiary/aromatic N) is 3. The molecule has 1 aromatic heterocycles. The van der Waals surface area contributed by atoms with Gasteiger partial charge in [-0.25, -0.2) is 4.98 Å². The van der Waals surface area contributed by atoms with Crippen molar-refractivity contribution in [3.8, 4) is 0 Å². The SMILES string of the molecule is CCC(C)C(NC(=O)C1CCCCN1C)C(=O)N(Cc1ccccc1)C(CC(OCOC)c1nc(C(=O)NC(Cc2ccc(C(F)(F)F)cc2)CC(C)C(=O)O)cs1)C(C)C. The second kappa shape index (κ2) is 23.2. The Morgan fingerprint density at radius 2 is 1.67 bits per heavy atom. The highest BCUT2D eigenvalue weighted by Crippen LogP contribution is 2.33. The number of amides is 3. The maximum Gasteiger partial charge on any atom is 0.416 e. The molecule has 1 aliphatic heterocycles. The minimum absolute atomic E-state index is 0.0233. The Labute approximate surface area is 361 Å². The largest absolute Gasteiger partial charge is 0.481 e. The van der Waals surface area contributed by atoms with Crippen molar-refractivity contribution in [2.24, 2.45) is 17.8 Å². The Morgan fingerprint density at radius 3 is 2.26 bits per heavy atom. The highest BCUT2D eigenvalue weighted by atomic mass is 32.1. The maximum atomic E-state index is 15.0. The van der Waals surface area contributed by atoms with Crippen molar-refractivity contribution in [1.82, 2.24) is 25.4 Å². The number of alkyl halides is 3. The Morgan fingerprint density at radius 1 is 0.984 bits per heavy atom. The number of hydrogen-bond acceptors (Lipinski definition) is 9. The van der Waals surface area contributed by atoms with Gasteiger partial charge >= 0.3 is 12.1 Å². The molecule has 1 aliphatic rings. The van der Waals surface area contributed by atoms with Gasteiger partial charge in [-0.1, -0.05) is 89.9 Å². The lowest BCUT2D eigenvalue weighted by molar-refractivity contribution is -0.144. The van der Waals surface area contributed by atoms with Gasteiger partial charge in [0, 0.05) is 37.5 Å². The van der Waals surface area contributed by atoms with Crippen molar-refractivity contribution >= 4 is 35.0 Å². The van der Waals surface area contributed by atoms with Crippen LogP contribution < -0.4 is 10.6 Å². The van der Waals surface area contributed by atoms with E-state index in [1.165, 1.54) is 37.5 Å². The molecule has 0 saturated carbocycles. The van der Waals surface area contributed by atoms with Gasteiger partial charge in [-0.15, -0.1) is 11.3 Å². The number of halogens is 3. The van der Waals surface area contributed by atoms with E-state index in [1.807, 2.05) is 74.9 Å². The summed E-state index contributed by atoms with van der Waals surface area (Å²) in [5.41, 5.74) is 0.645. The summed E-state index contributed by atoms with van der Waals surface area (Å²) in [6, 6.07) is 11.9. The summed E-state index contributed by atoms with van der Waals surface area (Å²) in [7, 11) is 3.43. The molecule has 4 rings (SSSR count). The predicted octanol–water partition coefficient (Wildman–Crippen LogP) is 7.73. The van der Waals surface area contributed by atoms with E-state index in [4.69, 9.17) is 9.47 Å². The minimum atomic E-state index is -4.51. The molecule has 1 fully saturated rings. The van der Waals surface area contributed by atoms with E-state index in [2.05, 4.69) is 15.6 Å². The molecule has 3 amide bonds. The average Bonchev–Trinajstić information content (AvgIpc) is 3.72. The van der Waals surface area contributed by atoms with Crippen LogP contribution >= 0.6 is 11.3 Å². The molecule has 16 heteroatoms. The third-order valence-corrected chi connectivity index (χ3v) is 12.5. The number of carboxylic acid groups (broad SMARTS) is 1. The molecular weight excluding hydrogens is 812 g/mol. The number of piperidine rings is 1. The van der Waals surface area contributed by atoms with Crippen LogP contribution in [-0.2, 0) is 43.0 Å². The highest BCUT2D eigenvalue weighted by molar-refractivity contribution is 7.09. The van der Waals surface area contributed by atoms with E-state index >= 15 is 4.79 Å². The van der Waals surface area contributed by atoms with Crippen molar-refractivity contribution in [1.29, 1.82) is 0 Å². The first-order valence-electron chi connectivity index (χ1n) is 21.0. The third kappa shape index (κ3) is 14.3. The number of carbonyl (C=O) groups excluding carboxylic acids is 3. The molecular formula is C45H62F3N5O7S. The van der Waals surface area contributed by atoms with Crippen molar-refractivity contribution in [2.75, 3.05) is 27.5 Å². The number of rotatable bonds is 22. The standard InChI is InChI=1S/C45H62F3N5O7S/c1-8-29(4)39(51-41(55)36-16-12-13-21-52(36)6)43(56)53(25-32-14-10-9-11-15-32)37(28(2)3)24-38(60-27-59-7)42-50-35(26-61-42)40(54)49-34(22-30(5)44(57)58)23-31-17-19-33(20-18-31)45(46,47)48/h9-11,14-15,17-20,26,28-30,34,36-39H,8,12-13,16,21-25,27H2,1-7H3,(H,49,54)(H,51,55)(H,57,58). The molecule has 12 nitrogen and oxygen atoms in total. The molecule has 3 N–H and O–H groups in total. The van der Waals surface area contributed by atoms with Crippen LogP contribution in [-0.4, -0.2) is 95.2 Å². The summed E-state index contributed by atoms with van der Waals surface area (Å²) in [6.07, 6.45) is -1.51. The third-order valence-electron chi connectivity index (χ3n) is 11.5. The Kier molecular flexibility index (Phi) is 18.7. The normalized spacial score (nSPS) is 17.8. The van der Waals surface area contributed by atoms with Crippen LogP contribution in [0.5, 0.6) is 0 Å². The number of carboxylic acids is 1. The summed E-state index contributed by atoms with van der Waals surface area (Å²) < 4.78 is 51.2. The number of likely N-dealkylation sites (tertiary alicyclic amines) is 1. The van der Waals surface area contributed by atoms with Crippen LogP contribution in [0.2, 0.25) is 0 Å². The second-order valence-electron chi connectivity index (χ2n) is 16.5. The molecule has 2 heterocycles. The highest BCUT2D eigenvalue weighted by Gasteiger charge is 2.39. The number of carbonyl (C=O) groups is 4. The lowest BCUT2D eigenvalue weighted by Crippen LogP contribution is -2.58. The number of benzene rings is 2. The molecule has 0 spiro atoms. The minimum Gasteiger partial charge on any atom is -0.481 e. The lowest BCUT2D eigenvalue weighted by atomic mass is 9.91. The fourth-order valence-electron chi connectivity index (χ4n) is 7.66. The van der Waals surface area contributed by atoms with Gasteiger partial charge in [0.1, 0.15) is 29.6 Å². The summed E-state index contributed by atoms with van der Waals surface area (Å²) in [5, 5.41) is 17.7. The van der Waals surface area contributed by atoms with Gasteiger partial charge in [-0.05, 0) is 74.4 Å². The number of ether oxygens (including phenoxy) is 2. The van der Waals surface area contributed by atoms with Crippen molar-refractivity contribution in [3.05, 3.63) is 87.4 Å². The van der Waals surface area contributed by atoms with Crippen LogP contribution in [0.1, 0.15) is 111 Å². The first-order valence-corrected chi connectivity index (χ1v) is 21.9. The topological polar surface area (TPSA) is 150 Å². The fraction of sp³-hybridized carbons (Fsp3) is 0.578. The Balaban J connectivity index is 1.63. The Bertz CT molecular complexity index is 1860. The van der Waals surface area contributed by atoms with E-state index in [1.54, 1.807) is 5.38 Å². The zero-order chi connectivity index (χ0) is 44.9. The lowest BCUT2D eigenvalue weighted by Gasteiger charge is -2.40. The molecule has 0 radical (unpaired) electrons. The second-order valence-corrected chi connectivity index (χ2v) is 17.4. The average molecular weight is 874 g/mol. The summed E-state index contributed by atoms with van der Waals surface area (Å²) >= 11 is 1.19. The van der Waals surface area contributed by atoms with Crippen LogP contribution in [0.25, 0.3) is 0 Å². The van der Waals surface area contributed by atoms with Gasteiger partial charge in [-0.3, -0.25) is 24.1 Å². The number of thiazole rings is 1. The first kappa shape index (κ1) is 49.3. The molecule has 2 aromatic carbocycles. The van der Waals surface area contributed by atoms with Crippen molar-refractivity contribution < 1.29 is 46.9 Å². The monoisotopic (exact) mass is 873 g/mol. The first-order chi connectivity index (χ1) is 28.9. The predicted molar refractivity (Wildman–Crippen MR) is 228 cm³/mol. The number of aliphatic carboxylic acids is 1. The number of methoxy groups -OCH3 is 1. The zero-order valence-corrected chi connectivity index (χ0v) is 37.1. The maximum absolute atomic E-state index is 15.0. The van der Waals surface area contributed by atoms with Gasteiger partial charge < -0.3 is 30.1 Å². The number of aromatic nitrogens is 1. The molecule has 7 unspecified atom stereocenters. The van der Waals surface area contributed by atoms with Gasteiger partial charge in [0.2, 0.25) is 11.8 Å². The molecule has 1 saturated heterocycles. The van der Waals surface area contributed by atoms with Crippen LogP contribution in [0.3, 0.4) is 0 Å². The molecule has 7 atom stereocenters. The van der Waals surface area contributed by atoms with Gasteiger partial charge in [-0.2, -0.15) is 13.2 Å². The quantitative estimate of drug-likeness (QED) is 0.0863. The van der Waals surface area contributed by atoms with E-state index in [9.17, 15) is 32.7 Å². The Hall–Kier alpha value is -4.38. The van der Waals surface area contributed by atoms with Crippen LogP contribution in [0, 0.1) is 17.8 Å². The van der Waals surface area contributed by atoms with Gasteiger partial charge in [0.25, 0.3) is 5.91 Å². The van der Waals surface area contributed by atoms with E-state index in [0.717, 1.165) is 43.5 Å². The van der Waals surface area contributed by atoms with Gasteiger partial charge in [0.05, 0.1) is 17.5 Å². The van der Waals surface area contributed by atoms with E-state index < -0.39 is 53.8 Å². The number of hydrogen-bond donors (Lipinski definition) is 3.